The Morgan fingerprint density at radius 3 is 2.38 bits per heavy atom. The first-order chi connectivity index (χ1) is 13.7. The van der Waals surface area contributed by atoms with E-state index in [9.17, 15) is 18.0 Å². The molecule has 1 amide bonds. The number of aromatic nitrogens is 1. The predicted octanol–water partition coefficient (Wildman–Crippen LogP) is 2.84. The van der Waals surface area contributed by atoms with E-state index in [0.717, 1.165) is 5.56 Å². The van der Waals surface area contributed by atoms with E-state index in [2.05, 4.69) is 5.32 Å². The molecule has 0 radical (unpaired) electrons. The number of methoxy groups -OCH3 is 1. The molecule has 0 aliphatic heterocycles. The lowest BCUT2D eigenvalue weighted by molar-refractivity contribution is -0.137. The Labute approximate surface area is 168 Å². The van der Waals surface area contributed by atoms with Crippen molar-refractivity contribution in [1.29, 1.82) is 0 Å². The highest BCUT2D eigenvalue weighted by molar-refractivity contribution is 7.90. The monoisotopic (exact) mass is 412 g/mol. The highest BCUT2D eigenvalue weighted by atomic mass is 32.2. The number of amides is 1. The third-order valence-corrected chi connectivity index (χ3v) is 6.03. The molecule has 0 atom stereocenters. The van der Waals surface area contributed by atoms with E-state index in [1.807, 2.05) is 6.92 Å². The normalized spacial score (nSPS) is 12.0. The van der Waals surface area contributed by atoms with Crippen molar-refractivity contribution < 1.29 is 22.7 Å². The zero-order valence-electron chi connectivity index (χ0n) is 16.2. The smallest absolute Gasteiger partial charge is 0.354 e. The van der Waals surface area contributed by atoms with E-state index in [1.54, 1.807) is 48.5 Å². The van der Waals surface area contributed by atoms with Gasteiger partial charge in [-0.15, -0.1) is 0 Å². The summed E-state index contributed by atoms with van der Waals surface area (Å²) < 4.78 is 32.0. The Morgan fingerprint density at radius 1 is 1.07 bits per heavy atom. The number of aryl methyl sites for hydroxylation is 1. The number of esters is 1. The topological polar surface area (TPSA) is 94.5 Å². The van der Waals surface area contributed by atoms with Gasteiger partial charge >= 0.3 is 5.97 Å². The van der Waals surface area contributed by atoms with Crippen LogP contribution in [-0.2, 0) is 24.3 Å². The minimum atomic E-state index is -3.79. The molecule has 1 N–H and O–H groups in total. The molecule has 8 heteroatoms. The summed E-state index contributed by atoms with van der Waals surface area (Å²) in [4.78, 5) is 23.5. The van der Waals surface area contributed by atoms with Crippen molar-refractivity contribution in [3.05, 3.63) is 71.6 Å². The second kappa shape index (κ2) is 7.92. The molecule has 1 aromatic heterocycles. The van der Waals surface area contributed by atoms with Crippen LogP contribution in [0.2, 0.25) is 0 Å². The number of ether oxygens (including phenoxy) is 1. The lowest BCUT2D eigenvalue weighted by Gasteiger charge is -2.09. The van der Waals surface area contributed by atoms with Gasteiger partial charge in [0.25, 0.3) is 10.0 Å². The molecule has 7 nitrogen and oxygen atoms in total. The molecule has 0 saturated heterocycles. The first-order valence-electron chi connectivity index (χ1n) is 8.74. The van der Waals surface area contributed by atoms with Crippen LogP contribution >= 0.6 is 0 Å². The van der Waals surface area contributed by atoms with Crippen LogP contribution in [0.4, 0.5) is 0 Å². The van der Waals surface area contributed by atoms with Crippen LogP contribution in [0.15, 0.2) is 65.3 Å². The number of nitrogens with one attached hydrogen (secondary N) is 1. The van der Waals surface area contributed by atoms with Gasteiger partial charge in [0.2, 0.25) is 5.91 Å². The molecule has 0 aliphatic carbocycles. The molecule has 0 bridgehead atoms. The molecule has 3 aromatic rings. The van der Waals surface area contributed by atoms with E-state index in [4.69, 9.17) is 4.74 Å². The van der Waals surface area contributed by atoms with Gasteiger partial charge in [-0.1, -0.05) is 29.8 Å². The Hall–Kier alpha value is -3.39. The molecule has 29 heavy (non-hydrogen) atoms. The van der Waals surface area contributed by atoms with Crippen molar-refractivity contribution in [1.82, 2.24) is 9.29 Å². The maximum atomic E-state index is 13.1. The second-order valence-electron chi connectivity index (χ2n) is 6.44. The van der Waals surface area contributed by atoms with Crippen LogP contribution in [0, 0.1) is 6.92 Å². The van der Waals surface area contributed by atoms with Gasteiger partial charge in [0.15, 0.2) is 0 Å². The van der Waals surface area contributed by atoms with Gasteiger partial charge in [0, 0.05) is 18.5 Å². The van der Waals surface area contributed by atoms with Gasteiger partial charge in [0.05, 0.1) is 17.5 Å². The number of rotatable bonds is 5. The summed E-state index contributed by atoms with van der Waals surface area (Å²) in [7, 11) is -2.58. The molecule has 2 aromatic carbocycles. The highest BCUT2D eigenvalue weighted by Gasteiger charge is 2.20. The van der Waals surface area contributed by atoms with Gasteiger partial charge < -0.3 is 10.1 Å². The Morgan fingerprint density at radius 2 is 1.76 bits per heavy atom. The van der Waals surface area contributed by atoms with Crippen LogP contribution in [-0.4, -0.2) is 31.4 Å². The number of hydrogen-bond donors (Lipinski definition) is 1. The summed E-state index contributed by atoms with van der Waals surface area (Å²) in [5, 5.41) is 3.04. The summed E-state index contributed by atoms with van der Waals surface area (Å²) >= 11 is 0. The highest BCUT2D eigenvalue weighted by Crippen LogP contribution is 2.26. The fraction of sp³-hybridized carbons (Fsp3) is 0.143. The van der Waals surface area contributed by atoms with E-state index in [-0.39, 0.29) is 10.6 Å². The van der Waals surface area contributed by atoms with E-state index < -0.39 is 21.9 Å². The molecule has 0 fully saturated rings. The molecular weight excluding hydrogens is 392 g/mol. The minimum absolute atomic E-state index is 0.0401. The summed E-state index contributed by atoms with van der Waals surface area (Å²) in [5.41, 5.74) is 1.93. The van der Waals surface area contributed by atoms with Gasteiger partial charge in [-0.3, -0.25) is 4.79 Å². The van der Waals surface area contributed by atoms with Crippen LogP contribution in [0.3, 0.4) is 0 Å². The Kier molecular flexibility index (Phi) is 5.56. The lowest BCUT2D eigenvalue weighted by Crippen LogP contribution is -2.25. The zero-order valence-corrected chi connectivity index (χ0v) is 17.0. The number of hydrogen-bond acceptors (Lipinski definition) is 5. The number of benzene rings is 2. The maximum Gasteiger partial charge on any atom is 0.354 e. The predicted molar refractivity (Wildman–Crippen MR) is 110 cm³/mol. The van der Waals surface area contributed by atoms with Crippen molar-refractivity contribution >= 4 is 38.9 Å². The van der Waals surface area contributed by atoms with Crippen molar-refractivity contribution in [3.8, 4) is 0 Å². The van der Waals surface area contributed by atoms with Crippen molar-refractivity contribution in [2.45, 2.75) is 18.7 Å². The van der Waals surface area contributed by atoms with Gasteiger partial charge in [-0.05, 0) is 42.8 Å². The molecule has 0 spiro atoms. The molecule has 0 unspecified atom stereocenters. The molecular formula is C21H20N2O5S. The molecule has 0 saturated carbocycles. The van der Waals surface area contributed by atoms with Crippen LogP contribution in [0.1, 0.15) is 18.1 Å². The third-order valence-electron chi connectivity index (χ3n) is 4.32. The molecule has 3 rings (SSSR count). The molecule has 150 valence electrons. The van der Waals surface area contributed by atoms with Crippen LogP contribution < -0.4 is 5.32 Å². The van der Waals surface area contributed by atoms with Gasteiger partial charge in [0.1, 0.15) is 5.70 Å². The maximum absolute atomic E-state index is 13.1. The van der Waals surface area contributed by atoms with Gasteiger partial charge in [-0.25, -0.2) is 17.2 Å². The SMILES string of the molecule is COC(=O)/C(=C/c1cccc2c1ccn2S(=O)(=O)c1ccc(C)cc1)NC(C)=O. The van der Waals surface area contributed by atoms with Crippen LogP contribution in [0.5, 0.6) is 0 Å². The molecule has 1 heterocycles. The summed E-state index contributed by atoms with van der Waals surface area (Å²) in [6.45, 7) is 3.16. The number of carbonyl (C=O) groups is 2. The standard InChI is InChI=1S/C21H20N2O5S/c1-14-7-9-17(10-8-14)29(26,27)23-12-11-18-16(5-4-6-20(18)23)13-19(21(25)28-3)22-15(2)24/h4-13H,1-3H3,(H,22,24)/b19-13-. The van der Waals surface area contributed by atoms with Crippen molar-refractivity contribution in [3.63, 3.8) is 0 Å². The Balaban J connectivity index is 2.14. The second-order valence-corrected chi connectivity index (χ2v) is 8.26. The average molecular weight is 412 g/mol. The fourth-order valence-corrected chi connectivity index (χ4v) is 4.27. The number of nitrogens with zero attached hydrogens (tertiary/aromatic N) is 1. The summed E-state index contributed by atoms with van der Waals surface area (Å²) in [6.07, 6.45) is 2.92. The summed E-state index contributed by atoms with van der Waals surface area (Å²) in [6, 6.07) is 13.3. The van der Waals surface area contributed by atoms with E-state index in [1.165, 1.54) is 30.3 Å². The minimum Gasteiger partial charge on any atom is -0.464 e. The Bertz CT molecular complexity index is 1220. The van der Waals surface area contributed by atoms with E-state index >= 15 is 0 Å². The number of carbonyl (C=O) groups excluding carboxylic acids is 2. The third kappa shape index (κ3) is 4.07. The van der Waals surface area contributed by atoms with Crippen molar-refractivity contribution in [2.24, 2.45) is 0 Å². The first kappa shape index (κ1) is 20.3. The zero-order chi connectivity index (χ0) is 21.2. The van der Waals surface area contributed by atoms with Gasteiger partial charge in [-0.2, -0.15) is 0 Å². The average Bonchev–Trinajstić information content (AvgIpc) is 3.13. The van der Waals surface area contributed by atoms with Crippen molar-refractivity contribution in [2.75, 3.05) is 7.11 Å². The largest absolute Gasteiger partial charge is 0.464 e. The molecule has 0 aliphatic rings. The number of fused-ring (bicyclic) bond motifs is 1. The van der Waals surface area contributed by atoms with E-state index in [0.29, 0.717) is 16.5 Å². The van der Waals surface area contributed by atoms with Crippen LogP contribution in [0.25, 0.3) is 17.0 Å². The fourth-order valence-electron chi connectivity index (χ4n) is 2.93. The quantitative estimate of drug-likeness (QED) is 0.514. The summed E-state index contributed by atoms with van der Waals surface area (Å²) in [5.74, 6) is -1.13. The lowest BCUT2D eigenvalue weighted by atomic mass is 10.1. The first-order valence-corrected chi connectivity index (χ1v) is 10.2.